The molecule has 0 saturated carbocycles. The minimum atomic E-state index is -4.58. The van der Waals surface area contributed by atoms with E-state index < -0.39 is 36.1 Å². The van der Waals surface area contributed by atoms with Gasteiger partial charge in [-0.1, -0.05) is 23.7 Å². The molecular formula is C21H20ClF3N2O5. The number of halogens is 4. The topological polar surface area (TPSA) is 93.7 Å². The lowest BCUT2D eigenvalue weighted by atomic mass is 10.2. The fraction of sp³-hybridized carbons (Fsp3) is 0.286. The van der Waals surface area contributed by atoms with Crippen molar-refractivity contribution in [1.82, 2.24) is 0 Å². The van der Waals surface area contributed by atoms with Crippen molar-refractivity contribution in [3.8, 4) is 5.75 Å². The Labute approximate surface area is 186 Å². The van der Waals surface area contributed by atoms with Crippen LogP contribution in [0.25, 0.3) is 0 Å². The van der Waals surface area contributed by atoms with Gasteiger partial charge >= 0.3 is 12.1 Å². The van der Waals surface area contributed by atoms with Gasteiger partial charge in [-0.2, -0.15) is 13.2 Å². The highest BCUT2D eigenvalue weighted by atomic mass is 35.5. The molecule has 172 valence electrons. The van der Waals surface area contributed by atoms with E-state index in [1.165, 1.54) is 7.11 Å². The fourth-order valence-corrected chi connectivity index (χ4v) is 2.72. The van der Waals surface area contributed by atoms with Crippen LogP contribution in [-0.4, -0.2) is 31.5 Å². The number of anilines is 2. The largest absolute Gasteiger partial charge is 0.495 e. The Morgan fingerprint density at radius 1 is 0.969 bits per heavy atom. The number of para-hydroxylation sites is 2. The van der Waals surface area contributed by atoms with Gasteiger partial charge < -0.3 is 20.1 Å². The molecule has 2 N–H and O–H groups in total. The van der Waals surface area contributed by atoms with Gasteiger partial charge in [-0.25, -0.2) is 0 Å². The smallest absolute Gasteiger partial charge is 0.416 e. The second-order valence-electron chi connectivity index (χ2n) is 6.50. The summed E-state index contributed by atoms with van der Waals surface area (Å²) in [7, 11) is 1.45. The van der Waals surface area contributed by atoms with Crippen LogP contribution in [0.3, 0.4) is 0 Å². The molecule has 2 amide bonds. The second-order valence-corrected chi connectivity index (χ2v) is 6.91. The summed E-state index contributed by atoms with van der Waals surface area (Å²) in [6, 6.07) is 9.26. The monoisotopic (exact) mass is 472 g/mol. The van der Waals surface area contributed by atoms with E-state index in [9.17, 15) is 27.6 Å². The fourth-order valence-electron chi connectivity index (χ4n) is 2.56. The Morgan fingerprint density at radius 2 is 1.66 bits per heavy atom. The molecule has 0 fully saturated rings. The van der Waals surface area contributed by atoms with Gasteiger partial charge in [0.1, 0.15) is 5.75 Å². The Balaban J connectivity index is 1.74. The molecule has 7 nitrogen and oxygen atoms in total. The number of methoxy groups -OCH3 is 1. The summed E-state index contributed by atoms with van der Waals surface area (Å²) in [5, 5.41) is 4.78. The number of hydrogen-bond acceptors (Lipinski definition) is 5. The number of esters is 1. The predicted octanol–water partition coefficient (Wildman–Crippen LogP) is 4.66. The molecule has 0 radical (unpaired) electrons. The highest BCUT2D eigenvalue weighted by Crippen LogP contribution is 2.33. The first-order valence-corrected chi connectivity index (χ1v) is 9.73. The van der Waals surface area contributed by atoms with Gasteiger partial charge in [0.15, 0.2) is 6.61 Å². The van der Waals surface area contributed by atoms with Crippen molar-refractivity contribution in [2.75, 3.05) is 24.4 Å². The molecule has 0 unspecified atom stereocenters. The summed E-state index contributed by atoms with van der Waals surface area (Å²) in [5.41, 5.74) is -0.713. The highest BCUT2D eigenvalue weighted by molar-refractivity contribution is 6.33. The lowest BCUT2D eigenvalue weighted by Gasteiger charge is -2.12. The molecular weight excluding hydrogens is 453 g/mol. The van der Waals surface area contributed by atoms with E-state index in [4.69, 9.17) is 21.1 Å². The zero-order chi connectivity index (χ0) is 23.7. The number of nitrogens with one attached hydrogen (secondary N) is 2. The van der Waals surface area contributed by atoms with Gasteiger partial charge in [-0.05, 0) is 36.8 Å². The standard InChI is InChI=1S/C21H20ClF3N2O5/c1-31-17-6-3-2-5-15(17)26-19(29)12-32-20(30)8-4-7-18(28)27-16-11-13(21(23,24)25)9-10-14(16)22/h2-3,5-6,9-11H,4,7-8,12H2,1H3,(H,26,29)(H,27,28). The van der Waals surface area contributed by atoms with Crippen molar-refractivity contribution >= 4 is 40.8 Å². The number of carbonyl (C=O) groups is 3. The van der Waals surface area contributed by atoms with Crippen molar-refractivity contribution < 1.29 is 37.0 Å². The summed E-state index contributed by atoms with van der Waals surface area (Å²) in [5.74, 6) is -1.45. The maximum absolute atomic E-state index is 12.8. The molecule has 0 saturated heterocycles. The van der Waals surface area contributed by atoms with Gasteiger partial charge in [0.25, 0.3) is 5.91 Å². The SMILES string of the molecule is COc1ccccc1NC(=O)COC(=O)CCCC(=O)Nc1cc(C(F)(F)F)ccc1Cl. The third-order valence-electron chi connectivity index (χ3n) is 4.10. The Morgan fingerprint density at radius 3 is 2.34 bits per heavy atom. The highest BCUT2D eigenvalue weighted by Gasteiger charge is 2.31. The van der Waals surface area contributed by atoms with Crippen LogP contribution >= 0.6 is 11.6 Å². The molecule has 0 aliphatic heterocycles. The number of amides is 2. The number of alkyl halides is 3. The number of ether oxygens (including phenoxy) is 2. The maximum atomic E-state index is 12.8. The van der Waals surface area contributed by atoms with E-state index in [0.717, 1.165) is 18.2 Å². The minimum absolute atomic E-state index is 0.0492. The van der Waals surface area contributed by atoms with E-state index in [0.29, 0.717) is 11.4 Å². The zero-order valence-corrected chi connectivity index (χ0v) is 17.7. The third-order valence-corrected chi connectivity index (χ3v) is 4.43. The molecule has 0 bridgehead atoms. The van der Waals surface area contributed by atoms with Crippen molar-refractivity contribution in [1.29, 1.82) is 0 Å². The second kappa shape index (κ2) is 11.4. The van der Waals surface area contributed by atoms with Crippen LogP contribution < -0.4 is 15.4 Å². The van der Waals surface area contributed by atoms with E-state index in [1.807, 2.05) is 0 Å². The van der Waals surface area contributed by atoms with E-state index in [2.05, 4.69) is 10.6 Å². The van der Waals surface area contributed by atoms with Crippen LogP contribution in [0.5, 0.6) is 5.75 Å². The minimum Gasteiger partial charge on any atom is -0.495 e. The molecule has 0 spiro atoms. The number of carbonyl (C=O) groups excluding carboxylic acids is 3. The van der Waals surface area contributed by atoms with Crippen LogP contribution in [0.2, 0.25) is 5.02 Å². The van der Waals surface area contributed by atoms with Crippen LogP contribution in [0, 0.1) is 0 Å². The maximum Gasteiger partial charge on any atom is 0.416 e. The van der Waals surface area contributed by atoms with E-state index in [1.54, 1.807) is 24.3 Å². The Bertz CT molecular complexity index is 982. The molecule has 0 aliphatic rings. The van der Waals surface area contributed by atoms with Crippen molar-refractivity contribution in [3.05, 3.63) is 53.1 Å². The summed E-state index contributed by atoms with van der Waals surface area (Å²) in [4.78, 5) is 35.6. The van der Waals surface area contributed by atoms with Gasteiger partial charge in [0, 0.05) is 12.8 Å². The normalized spacial score (nSPS) is 10.9. The molecule has 2 aromatic carbocycles. The lowest BCUT2D eigenvalue weighted by Crippen LogP contribution is -2.21. The quantitative estimate of drug-likeness (QED) is 0.518. The van der Waals surface area contributed by atoms with Gasteiger partial charge in [0.05, 0.1) is 29.1 Å². The number of benzene rings is 2. The lowest BCUT2D eigenvalue weighted by molar-refractivity contribution is -0.147. The molecule has 0 aromatic heterocycles. The van der Waals surface area contributed by atoms with Crippen molar-refractivity contribution in [2.45, 2.75) is 25.4 Å². The van der Waals surface area contributed by atoms with Crippen molar-refractivity contribution in [2.24, 2.45) is 0 Å². The van der Waals surface area contributed by atoms with Crippen LogP contribution in [0.1, 0.15) is 24.8 Å². The Kier molecular flexibility index (Phi) is 8.89. The first-order chi connectivity index (χ1) is 15.1. The molecule has 2 aromatic rings. The molecule has 2 rings (SSSR count). The van der Waals surface area contributed by atoms with Gasteiger partial charge in [0.2, 0.25) is 5.91 Å². The number of hydrogen-bond donors (Lipinski definition) is 2. The molecule has 0 atom stereocenters. The number of rotatable bonds is 9. The summed E-state index contributed by atoms with van der Waals surface area (Å²) in [6.45, 7) is -0.525. The molecule has 0 aliphatic carbocycles. The summed E-state index contributed by atoms with van der Waals surface area (Å²) in [6.07, 6.45) is -4.83. The van der Waals surface area contributed by atoms with Gasteiger partial charge in [-0.15, -0.1) is 0 Å². The van der Waals surface area contributed by atoms with Crippen LogP contribution in [0.4, 0.5) is 24.5 Å². The summed E-state index contributed by atoms with van der Waals surface area (Å²) >= 11 is 5.82. The van der Waals surface area contributed by atoms with E-state index in [-0.39, 0.29) is 30.0 Å². The predicted molar refractivity (Wildman–Crippen MR) is 112 cm³/mol. The average Bonchev–Trinajstić information content (AvgIpc) is 2.73. The van der Waals surface area contributed by atoms with Crippen LogP contribution in [0.15, 0.2) is 42.5 Å². The zero-order valence-electron chi connectivity index (χ0n) is 16.9. The van der Waals surface area contributed by atoms with Crippen LogP contribution in [-0.2, 0) is 25.3 Å². The average molecular weight is 473 g/mol. The first-order valence-electron chi connectivity index (χ1n) is 9.35. The Hall–Kier alpha value is -3.27. The first kappa shape index (κ1) is 25.0. The third kappa shape index (κ3) is 7.77. The van der Waals surface area contributed by atoms with E-state index >= 15 is 0 Å². The molecule has 11 heteroatoms. The van der Waals surface area contributed by atoms with Gasteiger partial charge in [-0.3, -0.25) is 14.4 Å². The van der Waals surface area contributed by atoms with Crippen molar-refractivity contribution in [3.63, 3.8) is 0 Å². The molecule has 0 heterocycles. The summed E-state index contributed by atoms with van der Waals surface area (Å²) < 4.78 is 48.3. The molecule has 32 heavy (non-hydrogen) atoms.